The Morgan fingerprint density at radius 2 is 1.65 bits per heavy atom. The Balaban J connectivity index is 3.08. The number of hydrogen-bond donors (Lipinski definition) is 0. The number of hydrogen-bond acceptors (Lipinski definition) is 4. The van der Waals surface area contributed by atoms with Gasteiger partial charge >= 0.3 is 11.9 Å². The van der Waals surface area contributed by atoms with E-state index >= 15 is 0 Å². The second-order valence-electron chi connectivity index (χ2n) is 6.16. The smallest absolute Gasteiger partial charge is 0.339 e. The van der Waals surface area contributed by atoms with Crippen LogP contribution in [0.5, 0.6) is 0 Å². The van der Waals surface area contributed by atoms with Crippen LogP contribution >= 0.6 is 0 Å². The quantitative estimate of drug-likeness (QED) is 0.528. The normalized spacial score (nSPS) is 10.7. The first kappa shape index (κ1) is 19.2. The van der Waals surface area contributed by atoms with Gasteiger partial charge in [-0.1, -0.05) is 34.1 Å². The molecule has 1 aromatic carbocycles. The summed E-state index contributed by atoms with van der Waals surface area (Å²) in [6, 6.07) is 3.49. The third kappa shape index (κ3) is 5.70. The minimum absolute atomic E-state index is 0.245. The van der Waals surface area contributed by atoms with Gasteiger partial charge in [-0.05, 0) is 48.9 Å². The van der Waals surface area contributed by atoms with Crippen LogP contribution in [0.1, 0.15) is 72.4 Å². The second-order valence-corrected chi connectivity index (χ2v) is 6.16. The molecule has 23 heavy (non-hydrogen) atoms. The summed E-state index contributed by atoms with van der Waals surface area (Å²) >= 11 is 0. The maximum atomic E-state index is 12.3. The number of unbranched alkanes of at least 4 members (excludes halogenated alkanes) is 1. The van der Waals surface area contributed by atoms with E-state index in [9.17, 15) is 9.59 Å². The minimum Gasteiger partial charge on any atom is -0.462 e. The molecule has 0 fully saturated rings. The lowest BCUT2D eigenvalue weighted by Crippen LogP contribution is -2.17. The highest BCUT2D eigenvalue weighted by Gasteiger charge is 2.21. The van der Waals surface area contributed by atoms with Crippen molar-refractivity contribution >= 4 is 11.9 Å². The van der Waals surface area contributed by atoms with Gasteiger partial charge in [-0.25, -0.2) is 9.59 Å². The van der Waals surface area contributed by atoms with E-state index in [0.29, 0.717) is 24.3 Å². The van der Waals surface area contributed by atoms with Gasteiger partial charge in [-0.15, -0.1) is 0 Å². The minimum atomic E-state index is -0.466. The third-order valence-corrected chi connectivity index (χ3v) is 3.58. The lowest BCUT2D eigenvalue weighted by Gasteiger charge is -2.14. The summed E-state index contributed by atoms with van der Waals surface area (Å²) in [6.45, 7) is 10.6. The molecule has 0 aliphatic carbocycles. The van der Waals surface area contributed by atoms with E-state index in [4.69, 9.17) is 9.47 Å². The number of benzene rings is 1. The SMILES string of the molecule is CCCCOC(=O)c1cc(CC)c(C)cc1C(=O)OCC(C)C. The first-order valence-corrected chi connectivity index (χ1v) is 8.38. The molecular formula is C19H28O4. The number of rotatable bonds is 8. The van der Waals surface area contributed by atoms with E-state index in [2.05, 4.69) is 0 Å². The Hall–Kier alpha value is -1.84. The molecule has 0 unspecified atom stereocenters. The van der Waals surface area contributed by atoms with Crippen LogP contribution in [0.3, 0.4) is 0 Å². The molecule has 128 valence electrons. The summed E-state index contributed by atoms with van der Waals surface area (Å²) in [4.78, 5) is 24.7. The molecule has 0 aliphatic rings. The van der Waals surface area contributed by atoms with E-state index in [-0.39, 0.29) is 5.92 Å². The Morgan fingerprint density at radius 1 is 1.04 bits per heavy atom. The molecule has 0 saturated heterocycles. The first-order valence-electron chi connectivity index (χ1n) is 8.38. The van der Waals surface area contributed by atoms with Gasteiger partial charge in [0.05, 0.1) is 24.3 Å². The average molecular weight is 320 g/mol. The maximum absolute atomic E-state index is 12.3. The lowest BCUT2D eigenvalue weighted by molar-refractivity contribution is 0.0428. The largest absolute Gasteiger partial charge is 0.462 e. The fraction of sp³-hybridized carbons (Fsp3) is 0.579. The zero-order valence-corrected chi connectivity index (χ0v) is 14.9. The molecular weight excluding hydrogens is 292 g/mol. The summed E-state index contributed by atoms with van der Waals surface area (Å²) in [6.07, 6.45) is 2.55. The van der Waals surface area contributed by atoms with Gasteiger partial charge in [0.2, 0.25) is 0 Å². The van der Waals surface area contributed by atoms with Crippen molar-refractivity contribution in [1.29, 1.82) is 0 Å². The molecule has 0 atom stereocenters. The van der Waals surface area contributed by atoms with Crippen molar-refractivity contribution in [1.82, 2.24) is 0 Å². The fourth-order valence-electron chi connectivity index (χ4n) is 2.18. The number of carbonyl (C=O) groups excluding carboxylic acids is 2. The van der Waals surface area contributed by atoms with E-state index in [1.807, 2.05) is 34.6 Å². The van der Waals surface area contributed by atoms with Crippen molar-refractivity contribution in [2.75, 3.05) is 13.2 Å². The van der Waals surface area contributed by atoms with E-state index in [1.54, 1.807) is 12.1 Å². The van der Waals surface area contributed by atoms with Crippen molar-refractivity contribution < 1.29 is 19.1 Å². The second kappa shape index (κ2) is 9.33. The van der Waals surface area contributed by atoms with E-state index in [0.717, 1.165) is 30.4 Å². The van der Waals surface area contributed by atoms with Crippen molar-refractivity contribution in [3.63, 3.8) is 0 Å². The van der Waals surface area contributed by atoms with Crippen LogP contribution in [-0.2, 0) is 15.9 Å². The Bertz CT molecular complexity index is 547. The van der Waals surface area contributed by atoms with Crippen molar-refractivity contribution in [2.45, 2.75) is 53.9 Å². The number of ether oxygens (including phenoxy) is 2. The van der Waals surface area contributed by atoms with Crippen molar-refractivity contribution in [3.05, 3.63) is 34.4 Å². The molecule has 0 aromatic heterocycles. The molecule has 1 rings (SSSR count). The molecule has 4 heteroatoms. The van der Waals surface area contributed by atoms with Crippen LogP contribution in [-0.4, -0.2) is 25.2 Å². The van der Waals surface area contributed by atoms with Crippen LogP contribution in [0, 0.1) is 12.8 Å². The van der Waals surface area contributed by atoms with Gasteiger partial charge in [-0.2, -0.15) is 0 Å². The fourth-order valence-corrected chi connectivity index (χ4v) is 2.18. The molecule has 0 amide bonds. The summed E-state index contributed by atoms with van der Waals surface area (Å²) in [5.74, 6) is -0.675. The lowest BCUT2D eigenvalue weighted by atomic mass is 9.97. The molecule has 0 radical (unpaired) electrons. The van der Waals surface area contributed by atoms with Crippen LogP contribution in [0.4, 0.5) is 0 Å². The summed E-state index contributed by atoms with van der Waals surface area (Å²) in [5.41, 5.74) is 2.61. The zero-order valence-electron chi connectivity index (χ0n) is 14.9. The van der Waals surface area contributed by atoms with Gasteiger partial charge in [-0.3, -0.25) is 0 Å². The number of aryl methyl sites for hydroxylation is 2. The van der Waals surface area contributed by atoms with E-state index in [1.165, 1.54) is 0 Å². The highest BCUT2D eigenvalue weighted by Crippen LogP contribution is 2.20. The van der Waals surface area contributed by atoms with Gasteiger partial charge in [0, 0.05) is 0 Å². The van der Waals surface area contributed by atoms with Gasteiger partial charge in [0.1, 0.15) is 0 Å². The Morgan fingerprint density at radius 3 is 2.22 bits per heavy atom. The zero-order chi connectivity index (χ0) is 17.4. The predicted octanol–water partition coefficient (Wildman–Crippen LogP) is 4.33. The average Bonchev–Trinajstić information content (AvgIpc) is 2.52. The molecule has 0 aliphatic heterocycles. The Labute approximate surface area is 139 Å². The van der Waals surface area contributed by atoms with Crippen LogP contribution in [0.2, 0.25) is 0 Å². The highest BCUT2D eigenvalue weighted by atomic mass is 16.5. The van der Waals surface area contributed by atoms with Gasteiger partial charge in [0.15, 0.2) is 0 Å². The molecule has 0 bridgehead atoms. The molecule has 0 saturated carbocycles. The van der Waals surface area contributed by atoms with Gasteiger partial charge in [0.25, 0.3) is 0 Å². The van der Waals surface area contributed by atoms with Crippen LogP contribution < -0.4 is 0 Å². The standard InChI is InChI=1S/C19H28O4/c1-6-8-9-22-18(20)17-11-15(7-2)14(5)10-16(17)19(21)23-12-13(3)4/h10-11,13H,6-9,12H2,1-5H3. The van der Waals surface area contributed by atoms with Crippen molar-refractivity contribution in [2.24, 2.45) is 5.92 Å². The summed E-state index contributed by atoms with van der Waals surface area (Å²) in [5, 5.41) is 0. The van der Waals surface area contributed by atoms with Crippen molar-refractivity contribution in [3.8, 4) is 0 Å². The van der Waals surface area contributed by atoms with Crippen LogP contribution in [0.25, 0.3) is 0 Å². The predicted molar refractivity (Wildman–Crippen MR) is 90.9 cm³/mol. The topological polar surface area (TPSA) is 52.6 Å². The molecule has 0 heterocycles. The Kier molecular flexibility index (Phi) is 7.79. The maximum Gasteiger partial charge on any atom is 0.339 e. The van der Waals surface area contributed by atoms with E-state index < -0.39 is 11.9 Å². The molecule has 4 nitrogen and oxygen atoms in total. The monoisotopic (exact) mass is 320 g/mol. The first-order chi connectivity index (χ1) is 10.9. The third-order valence-electron chi connectivity index (χ3n) is 3.58. The number of carbonyl (C=O) groups is 2. The highest BCUT2D eigenvalue weighted by molar-refractivity contribution is 6.03. The van der Waals surface area contributed by atoms with Gasteiger partial charge < -0.3 is 9.47 Å². The summed E-state index contributed by atoms with van der Waals surface area (Å²) < 4.78 is 10.6. The van der Waals surface area contributed by atoms with Crippen LogP contribution in [0.15, 0.2) is 12.1 Å². The molecule has 0 N–H and O–H groups in total. The summed E-state index contributed by atoms with van der Waals surface area (Å²) in [7, 11) is 0. The molecule has 1 aromatic rings. The molecule has 0 spiro atoms. The number of esters is 2.